The molecule has 1 N–H and O–H groups in total. The Kier molecular flexibility index (Phi) is 2.52. The van der Waals surface area contributed by atoms with E-state index in [0.717, 1.165) is 39.0 Å². The van der Waals surface area contributed by atoms with E-state index in [9.17, 15) is 4.79 Å². The Morgan fingerprint density at radius 1 is 1.29 bits per heavy atom. The molecule has 14 heavy (non-hydrogen) atoms. The summed E-state index contributed by atoms with van der Waals surface area (Å²) in [5.74, 6) is 0.693. The van der Waals surface area contributed by atoms with Crippen LogP contribution in [0.15, 0.2) is 0 Å². The summed E-state index contributed by atoms with van der Waals surface area (Å²) in [6.45, 7) is 8.37. The van der Waals surface area contributed by atoms with Gasteiger partial charge in [0.1, 0.15) is 0 Å². The highest BCUT2D eigenvalue weighted by molar-refractivity contribution is 5.79. The van der Waals surface area contributed by atoms with Crippen molar-refractivity contribution in [3.8, 4) is 0 Å². The molecule has 2 aliphatic rings. The molecule has 0 unspecified atom stereocenters. The highest BCUT2D eigenvalue weighted by Gasteiger charge is 2.39. The van der Waals surface area contributed by atoms with Gasteiger partial charge in [-0.25, -0.2) is 0 Å². The molecule has 1 amide bonds. The average molecular weight is 196 g/mol. The summed E-state index contributed by atoms with van der Waals surface area (Å²) < 4.78 is 0. The van der Waals surface area contributed by atoms with Gasteiger partial charge in [0.15, 0.2) is 0 Å². The fourth-order valence-corrected chi connectivity index (χ4v) is 2.47. The summed E-state index contributed by atoms with van der Waals surface area (Å²) in [7, 11) is 0. The molecule has 0 radical (unpaired) electrons. The van der Waals surface area contributed by atoms with Crippen LogP contribution in [0, 0.1) is 11.3 Å². The van der Waals surface area contributed by atoms with Crippen LogP contribution in [0.4, 0.5) is 0 Å². The van der Waals surface area contributed by atoms with Crippen molar-refractivity contribution in [1.82, 2.24) is 10.2 Å². The van der Waals surface area contributed by atoms with Crippen LogP contribution in [0.5, 0.6) is 0 Å². The van der Waals surface area contributed by atoms with E-state index in [1.807, 2.05) is 4.90 Å². The third-order valence-corrected chi connectivity index (χ3v) is 3.24. The quantitative estimate of drug-likeness (QED) is 0.674. The van der Waals surface area contributed by atoms with Crippen molar-refractivity contribution in [2.24, 2.45) is 11.3 Å². The molecule has 2 heterocycles. The van der Waals surface area contributed by atoms with E-state index in [1.54, 1.807) is 0 Å². The number of likely N-dealkylation sites (tertiary alicyclic amines) is 1. The molecule has 3 heteroatoms. The monoisotopic (exact) mass is 196 g/mol. The molecule has 0 atom stereocenters. The average Bonchev–Trinajstić information content (AvgIpc) is 2.14. The van der Waals surface area contributed by atoms with E-state index >= 15 is 0 Å². The lowest BCUT2D eigenvalue weighted by molar-refractivity contribution is -0.146. The molecular formula is C11H20N2O. The first-order chi connectivity index (χ1) is 6.58. The molecule has 2 fully saturated rings. The maximum Gasteiger partial charge on any atom is 0.225 e. The second-order valence-electron chi connectivity index (χ2n) is 5.38. The topological polar surface area (TPSA) is 32.3 Å². The van der Waals surface area contributed by atoms with Crippen LogP contribution in [0.3, 0.4) is 0 Å². The summed E-state index contributed by atoms with van der Waals surface area (Å²) in [4.78, 5) is 14.0. The minimum absolute atomic E-state index is 0.298. The Hall–Kier alpha value is -0.570. The first-order valence-electron chi connectivity index (χ1n) is 5.58. The molecule has 0 saturated carbocycles. The Labute approximate surface area is 85.8 Å². The first kappa shape index (κ1) is 9.97. The molecule has 0 bridgehead atoms. The molecule has 2 aliphatic heterocycles. The maximum absolute atomic E-state index is 12.0. The van der Waals surface area contributed by atoms with E-state index in [-0.39, 0.29) is 0 Å². The van der Waals surface area contributed by atoms with Gasteiger partial charge in [-0.05, 0) is 31.3 Å². The fourth-order valence-electron chi connectivity index (χ4n) is 2.47. The summed E-state index contributed by atoms with van der Waals surface area (Å²) in [6, 6.07) is 0. The van der Waals surface area contributed by atoms with Crippen LogP contribution in [0.25, 0.3) is 0 Å². The van der Waals surface area contributed by atoms with Crippen LogP contribution in [-0.2, 0) is 4.79 Å². The van der Waals surface area contributed by atoms with Gasteiger partial charge in [-0.1, -0.05) is 13.8 Å². The molecule has 0 spiro atoms. The molecule has 2 rings (SSSR count). The predicted octanol–water partition coefficient (Wildman–Crippen LogP) is 0.854. The Balaban J connectivity index is 1.84. The lowest BCUT2D eigenvalue weighted by Crippen LogP contribution is -2.57. The Bertz CT molecular complexity index is 223. The molecule has 0 aliphatic carbocycles. The summed E-state index contributed by atoms with van der Waals surface area (Å²) in [5, 5.41) is 3.29. The fraction of sp³-hybridized carbons (Fsp3) is 0.909. The van der Waals surface area contributed by atoms with Gasteiger partial charge < -0.3 is 10.2 Å². The van der Waals surface area contributed by atoms with Crippen molar-refractivity contribution >= 4 is 5.91 Å². The minimum Gasteiger partial charge on any atom is -0.341 e. The lowest BCUT2D eigenvalue weighted by atomic mass is 9.82. The number of hydrogen-bond acceptors (Lipinski definition) is 2. The van der Waals surface area contributed by atoms with Crippen LogP contribution in [0.1, 0.15) is 26.7 Å². The number of piperidine rings is 1. The molecule has 80 valence electrons. The SMILES string of the molecule is CC1(C)CN(C(=O)C2CCNCC2)C1. The molecule has 2 saturated heterocycles. The second kappa shape index (κ2) is 3.54. The molecule has 3 nitrogen and oxygen atoms in total. The van der Waals surface area contributed by atoms with Gasteiger partial charge in [-0.15, -0.1) is 0 Å². The van der Waals surface area contributed by atoms with Crippen LogP contribution >= 0.6 is 0 Å². The van der Waals surface area contributed by atoms with Gasteiger partial charge in [0.05, 0.1) is 0 Å². The Morgan fingerprint density at radius 2 is 1.86 bits per heavy atom. The van der Waals surface area contributed by atoms with Crippen molar-refractivity contribution in [2.75, 3.05) is 26.2 Å². The van der Waals surface area contributed by atoms with Gasteiger partial charge in [0.25, 0.3) is 0 Å². The van der Waals surface area contributed by atoms with Gasteiger partial charge in [0.2, 0.25) is 5.91 Å². The summed E-state index contributed by atoms with van der Waals surface area (Å²) in [6.07, 6.45) is 2.05. The summed E-state index contributed by atoms with van der Waals surface area (Å²) in [5.41, 5.74) is 0.364. The van der Waals surface area contributed by atoms with Crippen LogP contribution in [0.2, 0.25) is 0 Å². The van der Waals surface area contributed by atoms with Gasteiger partial charge in [-0.3, -0.25) is 4.79 Å². The van der Waals surface area contributed by atoms with E-state index < -0.39 is 0 Å². The second-order valence-corrected chi connectivity index (χ2v) is 5.38. The molecule has 0 aromatic carbocycles. The predicted molar refractivity (Wildman–Crippen MR) is 56.0 cm³/mol. The maximum atomic E-state index is 12.0. The van der Waals surface area contributed by atoms with E-state index in [2.05, 4.69) is 19.2 Å². The number of nitrogens with zero attached hydrogens (tertiary/aromatic N) is 1. The van der Waals surface area contributed by atoms with Crippen molar-refractivity contribution in [2.45, 2.75) is 26.7 Å². The molecule has 0 aromatic rings. The minimum atomic E-state index is 0.298. The van der Waals surface area contributed by atoms with Crippen LogP contribution in [-0.4, -0.2) is 37.0 Å². The van der Waals surface area contributed by atoms with Gasteiger partial charge in [-0.2, -0.15) is 0 Å². The van der Waals surface area contributed by atoms with Crippen molar-refractivity contribution in [1.29, 1.82) is 0 Å². The first-order valence-corrected chi connectivity index (χ1v) is 5.58. The number of hydrogen-bond donors (Lipinski definition) is 1. The zero-order chi connectivity index (χ0) is 10.2. The van der Waals surface area contributed by atoms with E-state index in [0.29, 0.717) is 17.2 Å². The number of carbonyl (C=O) groups excluding carboxylic acids is 1. The van der Waals surface area contributed by atoms with Crippen molar-refractivity contribution in [3.05, 3.63) is 0 Å². The molecular weight excluding hydrogens is 176 g/mol. The number of nitrogens with one attached hydrogen (secondary N) is 1. The third-order valence-electron chi connectivity index (χ3n) is 3.24. The standard InChI is InChI=1S/C11H20N2O/c1-11(2)7-13(8-11)10(14)9-3-5-12-6-4-9/h9,12H,3-8H2,1-2H3. The Morgan fingerprint density at radius 3 is 2.36 bits per heavy atom. The van der Waals surface area contributed by atoms with Crippen molar-refractivity contribution < 1.29 is 4.79 Å². The van der Waals surface area contributed by atoms with E-state index in [4.69, 9.17) is 0 Å². The zero-order valence-electron chi connectivity index (χ0n) is 9.18. The van der Waals surface area contributed by atoms with Gasteiger partial charge in [0, 0.05) is 19.0 Å². The number of carbonyl (C=O) groups is 1. The van der Waals surface area contributed by atoms with E-state index in [1.165, 1.54) is 0 Å². The molecule has 0 aromatic heterocycles. The summed E-state index contributed by atoms with van der Waals surface area (Å²) >= 11 is 0. The lowest BCUT2D eigenvalue weighted by Gasteiger charge is -2.47. The van der Waals surface area contributed by atoms with Crippen LogP contribution < -0.4 is 5.32 Å². The smallest absolute Gasteiger partial charge is 0.225 e. The zero-order valence-corrected chi connectivity index (χ0v) is 9.18. The van der Waals surface area contributed by atoms with Gasteiger partial charge >= 0.3 is 0 Å². The highest BCUT2D eigenvalue weighted by atomic mass is 16.2. The largest absolute Gasteiger partial charge is 0.341 e. The third kappa shape index (κ3) is 1.92. The number of amides is 1. The normalized spacial score (nSPS) is 27.1. The highest BCUT2D eigenvalue weighted by Crippen LogP contribution is 2.31. The van der Waals surface area contributed by atoms with Crippen molar-refractivity contribution in [3.63, 3.8) is 0 Å². The number of rotatable bonds is 1.